The Morgan fingerprint density at radius 2 is 2.00 bits per heavy atom. The maximum Gasteiger partial charge on any atom is 0.137 e. The van der Waals surface area contributed by atoms with Gasteiger partial charge in [-0.3, -0.25) is 4.98 Å². The zero-order chi connectivity index (χ0) is 12.3. The summed E-state index contributed by atoms with van der Waals surface area (Å²) in [6.07, 6.45) is 1.62. The third kappa shape index (κ3) is 3.01. The smallest absolute Gasteiger partial charge is 0.137 e. The number of pyridine rings is 1. The van der Waals surface area contributed by atoms with Crippen LogP contribution in [0.15, 0.2) is 41.0 Å². The van der Waals surface area contributed by atoms with E-state index in [0.29, 0.717) is 22.5 Å². The minimum atomic E-state index is -0.324. The number of nitrogens with zero attached hydrogens (tertiary/aromatic N) is 1. The number of rotatable bonds is 3. The van der Waals surface area contributed by atoms with Crippen LogP contribution >= 0.6 is 15.9 Å². The molecule has 2 rings (SSSR count). The Kier molecular flexibility index (Phi) is 3.71. The maximum absolute atomic E-state index is 13.0. The summed E-state index contributed by atoms with van der Waals surface area (Å²) in [5, 5.41) is 0. The molecule has 1 aromatic heterocycles. The first-order valence-electron chi connectivity index (χ1n) is 4.97. The van der Waals surface area contributed by atoms with Gasteiger partial charge in [-0.2, -0.15) is 0 Å². The molecule has 0 radical (unpaired) electrons. The molecule has 0 aliphatic heterocycles. The highest BCUT2D eigenvalue weighted by molar-refractivity contribution is 9.10. The summed E-state index contributed by atoms with van der Waals surface area (Å²) in [6.45, 7) is 0.352. The second kappa shape index (κ2) is 5.25. The first kappa shape index (κ1) is 12.0. The van der Waals surface area contributed by atoms with E-state index < -0.39 is 0 Å². The fourth-order valence-corrected chi connectivity index (χ4v) is 1.67. The minimum absolute atomic E-state index is 0.324. The number of aromatic nitrogens is 1. The molecule has 0 aliphatic rings. The van der Waals surface area contributed by atoms with Gasteiger partial charge >= 0.3 is 0 Å². The normalized spacial score (nSPS) is 10.3. The standard InChI is InChI=1S/C12H10BrFN2O/c13-11-6-9(1-2-12(11)14)17-10-3-4-16-8(5-10)7-15/h1-6H,7,15H2. The van der Waals surface area contributed by atoms with Crippen LogP contribution in [0, 0.1) is 5.82 Å². The molecule has 0 saturated heterocycles. The van der Waals surface area contributed by atoms with Crippen molar-refractivity contribution >= 4 is 15.9 Å². The van der Waals surface area contributed by atoms with Crippen molar-refractivity contribution in [3.05, 3.63) is 52.5 Å². The fourth-order valence-electron chi connectivity index (χ4n) is 1.31. The van der Waals surface area contributed by atoms with E-state index in [1.807, 2.05) is 0 Å². The second-order valence-electron chi connectivity index (χ2n) is 3.36. The molecular weight excluding hydrogens is 287 g/mol. The van der Waals surface area contributed by atoms with Crippen molar-refractivity contribution < 1.29 is 9.13 Å². The van der Waals surface area contributed by atoms with Crippen molar-refractivity contribution in [2.75, 3.05) is 0 Å². The lowest BCUT2D eigenvalue weighted by Gasteiger charge is -2.07. The van der Waals surface area contributed by atoms with Gasteiger partial charge in [0.15, 0.2) is 0 Å². The molecule has 3 nitrogen and oxygen atoms in total. The zero-order valence-corrected chi connectivity index (χ0v) is 10.4. The summed E-state index contributed by atoms with van der Waals surface area (Å²) in [4.78, 5) is 4.06. The molecule has 0 saturated carbocycles. The molecule has 5 heteroatoms. The van der Waals surface area contributed by atoms with Crippen LogP contribution in [0.5, 0.6) is 11.5 Å². The van der Waals surface area contributed by atoms with Crippen molar-refractivity contribution in [1.29, 1.82) is 0 Å². The maximum atomic E-state index is 13.0. The number of hydrogen-bond acceptors (Lipinski definition) is 3. The fraction of sp³-hybridized carbons (Fsp3) is 0.0833. The van der Waals surface area contributed by atoms with E-state index >= 15 is 0 Å². The van der Waals surface area contributed by atoms with Gasteiger partial charge < -0.3 is 10.5 Å². The van der Waals surface area contributed by atoms with Crippen LogP contribution < -0.4 is 10.5 Å². The highest BCUT2D eigenvalue weighted by atomic mass is 79.9. The van der Waals surface area contributed by atoms with Gasteiger partial charge in [-0.15, -0.1) is 0 Å². The predicted molar refractivity (Wildman–Crippen MR) is 66.3 cm³/mol. The Morgan fingerprint density at radius 1 is 1.24 bits per heavy atom. The van der Waals surface area contributed by atoms with E-state index in [4.69, 9.17) is 10.5 Å². The lowest BCUT2D eigenvalue weighted by molar-refractivity contribution is 0.478. The summed E-state index contributed by atoms with van der Waals surface area (Å²) < 4.78 is 19.0. The lowest BCUT2D eigenvalue weighted by Crippen LogP contribution is -1.99. The largest absolute Gasteiger partial charge is 0.457 e. The molecule has 0 aliphatic carbocycles. The Bertz CT molecular complexity index is 534. The average molecular weight is 297 g/mol. The summed E-state index contributed by atoms with van der Waals surface area (Å²) in [5.74, 6) is 0.848. The van der Waals surface area contributed by atoms with Gasteiger partial charge in [0.2, 0.25) is 0 Å². The van der Waals surface area contributed by atoms with Gasteiger partial charge in [-0.05, 0) is 40.2 Å². The Morgan fingerprint density at radius 3 is 2.71 bits per heavy atom. The van der Waals surface area contributed by atoms with Crippen molar-refractivity contribution in [2.24, 2.45) is 5.73 Å². The molecule has 2 aromatic rings. The second-order valence-corrected chi connectivity index (χ2v) is 4.22. The summed E-state index contributed by atoms with van der Waals surface area (Å²) in [5.41, 5.74) is 6.22. The molecule has 0 bridgehead atoms. The van der Waals surface area contributed by atoms with E-state index in [1.165, 1.54) is 6.07 Å². The van der Waals surface area contributed by atoms with Gasteiger partial charge in [0.1, 0.15) is 17.3 Å². The molecule has 0 atom stereocenters. The number of hydrogen-bond donors (Lipinski definition) is 1. The summed E-state index contributed by atoms with van der Waals surface area (Å²) in [6, 6.07) is 7.93. The summed E-state index contributed by atoms with van der Waals surface area (Å²) >= 11 is 3.10. The van der Waals surface area contributed by atoms with Crippen LogP contribution in [0.25, 0.3) is 0 Å². The minimum Gasteiger partial charge on any atom is -0.457 e. The van der Waals surface area contributed by atoms with Gasteiger partial charge in [0.25, 0.3) is 0 Å². The molecule has 1 heterocycles. The molecule has 0 spiro atoms. The molecule has 88 valence electrons. The third-order valence-corrected chi connectivity index (χ3v) is 2.73. The molecule has 0 amide bonds. The highest BCUT2D eigenvalue weighted by Gasteiger charge is 2.03. The molecule has 2 N–H and O–H groups in total. The van der Waals surface area contributed by atoms with Crippen LogP contribution in [0.2, 0.25) is 0 Å². The summed E-state index contributed by atoms with van der Waals surface area (Å²) in [7, 11) is 0. The SMILES string of the molecule is NCc1cc(Oc2ccc(F)c(Br)c2)ccn1. The molecule has 0 unspecified atom stereocenters. The lowest BCUT2D eigenvalue weighted by atomic mass is 10.3. The number of halogens is 2. The average Bonchev–Trinajstić information content (AvgIpc) is 2.34. The van der Waals surface area contributed by atoms with Crippen LogP contribution in [-0.2, 0) is 6.54 Å². The Balaban J connectivity index is 2.22. The van der Waals surface area contributed by atoms with Crippen LogP contribution in [-0.4, -0.2) is 4.98 Å². The molecular formula is C12H10BrFN2O. The van der Waals surface area contributed by atoms with E-state index in [1.54, 1.807) is 30.5 Å². The topological polar surface area (TPSA) is 48.1 Å². The Hall–Kier alpha value is -1.46. The number of nitrogens with two attached hydrogens (primary N) is 1. The van der Waals surface area contributed by atoms with Crippen LogP contribution in [0.3, 0.4) is 0 Å². The Labute approximate surface area is 107 Å². The van der Waals surface area contributed by atoms with Gasteiger partial charge in [-0.25, -0.2) is 4.39 Å². The number of ether oxygens (including phenoxy) is 1. The van der Waals surface area contributed by atoms with E-state index in [9.17, 15) is 4.39 Å². The highest BCUT2D eigenvalue weighted by Crippen LogP contribution is 2.26. The van der Waals surface area contributed by atoms with E-state index in [-0.39, 0.29) is 5.82 Å². The van der Waals surface area contributed by atoms with Crippen molar-refractivity contribution in [3.8, 4) is 11.5 Å². The van der Waals surface area contributed by atoms with Crippen LogP contribution in [0.4, 0.5) is 4.39 Å². The first-order valence-corrected chi connectivity index (χ1v) is 5.76. The van der Waals surface area contributed by atoms with E-state index in [0.717, 1.165) is 5.69 Å². The molecule has 0 fully saturated rings. The monoisotopic (exact) mass is 296 g/mol. The van der Waals surface area contributed by atoms with Crippen molar-refractivity contribution in [1.82, 2.24) is 4.98 Å². The quantitative estimate of drug-likeness (QED) is 0.946. The first-order chi connectivity index (χ1) is 8.19. The van der Waals surface area contributed by atoms with Crippen molar-refractivity contribution in [3.63, 3.8) is 0 Å². The van der Waals surface area contributed by atoms with Crippen LogP contribution in [0.1, 0.15) is 5.69 Å². The van der Waals surface area contributed by atoms with E-state index in [2.05, 4.69) is 20.9 Å². The molecule has 1 aromatic carbocycles. The zero-order valence-electron chi connectivity index (χ0n) is 8.86. The molecule has 17 heavy (non-hydrogen) atoms. The predicted octanol–water partition coefficient (Wildman–Crippen LogP) is 3.23. The number of benzene rings is 1. The van der Waals surface area contributed by atoms with Gasteiger partial charge in [0.05, 0.1) is 10.2 Å². The van der Waals surface area contributed by atoms with Gasteiger partial charge in [0, 0.05) is 18.8 Å². The third-order valence-electron chi connectivity index (χ3n) is 2.12. The van der Waals surface area contributed by atoms with Gasteiger partial charge in [-0.1, -0.05) is 0 Å². The van der Waals surface area contributed by atoms with Crippen molar-refractivity contribution in [2.45, 2.75) is 6.54 Å².